The number of methoxy groups -OCH3 is 1. The third kappa shape index (κ3) is 3.76. The first-order valence-corrected chi connectivity index (χ1v) is 11.5. The maximum atomic E-state index is 10.1. The van der Waals surface area contributed by atoms with Crippen molar-refractivity contribution < 1.29 is 4.74 Å². The molecule has 1 heterocycles. The van der Waals surface area contributed by atoms with Gasteiger partial charge in [-0.25, -0.2) is 5.84 Å². The Bertz CT molecular complexity index is 1060. The number of fused-ring (bicyclic) bond motifs is 1. The Morgan fingerprint density at radius 1 is 1.23 bits per heavy atom. The molecular weight excluding hydrogens is 392 g/mol. The highest BCUT2D eigenvalue weighted by atomic mass is 32.2. The van der Waals surface area contributed by atoms with E-state index in [4.69, 9.17) is 10.6 Å². The molecule has 2 aromatic carbocycles. The number of benzene rings is 2. The van der Waals surface area contributed by atoms with E-state index in [1.807, 2.05) is 24.3 Å². The van der Waals surface area contributed by atoms with Gasteiger partial charge in [-0.05, 0) is 73.5 Å². The van der Waals surface area contributed by atoms with Crippen LogP contribution in [0.15, 0.2) is 42.5 Å². The number of anilines is 1. The minimum atomic E-state index is 0.438. The van der Waals surface area contributed by atoms with Crippen LogP contribution in [0.1, 0.15) is 50.6 Å². The van der Waals surface area contributed by atoms with Crippen LogP contribution in [0.3, 0.4) is 0 Å². The zero-order chi connectivity index (χ0) is 21.1. The highest BCUT2D eigenvalue weighted by molar-refractivity contribution is 8.00. The predicted molar refractivity (Wildman–Crippen MR) is 126 cm³/mol. The van der Waals surface area contributed by atoms with E-state index in [9.17, 15) is 5.26 Å². The van der Waals surface area contributed by atoms with Crippen molar-refractivity contribution in [1.82, 2.24) is 4.57 Å². The second-order valence-corrected chi connectivity index (χ2v) is 8.79. The van der Waals surface area contributed by atoms with E-state index in [1.165, 1.54) is 6.42 Å². The number of hydrogen-bond acceptors (Lipinski definition) is 5. The number of unbranched alkanes of at least 4 members (excludes halogenated alkanes) is 1. The summed E-state index contributed by atoms with van der Waals surface area (Å²) < 4.78 is 9.52. The molecular formula is C24H28N4OS. The lowest BCUT2D eigenvalue weighted by Crippen LogP contribution is -2.23. The molecule has 2 N–H and O–H groups in total. The molecule has 1 saturated carbocycles. The molecule has 0 amide bonds. The van der Waals surface area contributed by atoms with Crippen molar-refractivity contribution in [2.24, 2.45) is 5.84 Å². The monoisotopic (exact) mass is 420 g/mol. The topological polar surface area (TPSA) is 67.2 Å². The van der Waals surface area contributed by atoms with Crippen LogP contribution >= 0.6 is 11.9 Å². The van der Waals surface area contributed by atoms with Crippen molar-refractivity contribution in [2.45, 2.75) is 45.1 Å². The second-order valence-electron chi connectivity index (χ2n) is 7.73. The molecule has 156 valence electrons. The number of aromatic nitrogens is 1. The molecule has 0 bridgehead atoms. The van der Waals surface area contributed by atoms with E-state index in [2.05, 4.69) is 35.8 Å². The van der Waals surface area contributed by atoms with E-state index in [1.54, 1.807) is 23.5 Å². The first-order valence-electron chi connectivity index (χ1n) is 10.6. The minimum absolute atomic E-state index is 0.438. The van der Waals surface area contributed by atoms with Gasteiger partial charge in [-0.2, -0.15) is 5.26 Å². The van der Waals surface area contributed by atoms with E-state index >= 15 is 0 Å². The van der Waals surface area contributed by atoms with Crippen LogP contribution in [0.4, 0.5) is 5.69 Å². The fourth-order valence-electron chi connectivity index (χ4n) is 3.99. The Labute approximate surface area is 182 Å². The number of nitrogens with two attached hydrogens (primary N) is 1. The molecule has 1 aliphatic carbocycles. The molecule has 0 saturated heterocycles. The Kier molecular flexibility index (Phi) is 6.21. The zero-order valence-electron chi connectivity index (χ0n) is 17.6. The van der Waals surface area contributed by atoms with Gasteiger partial charge < -0.3 is 9.30 Å². The van der Waals surface area contributed by atoms with Crippen molar-refractivity contribution in [3.63, 3.8) is 0 Å². The predicted octanol–water partition coefficient (Wildman–Crippen LogP) is 6.04. The largest absolute Gasteiger partial charge is 0.497 e. The van der Waals surface area contributed by atoms with Gasteiger partial charge in [0.2, 0.25) is 0 Å². The first kappa shape index (κ1) is 20.6. The molecule has 3 aromatic rings. The van der Waals surface area contributed by atoms with Gasteiger partial charge in [-0.3, -0.25) is 4.41 Å². The van der Waals surface area contributed by atoms with Crippen LogP contribution in [-0.2, 0) is 0 Å². The van der Waals surface area contributed by atoms with E-state index in [-0.39, 0.29) is 0 Å². The van der Waals surface area contributed by atoms with E-state index < -0.39 is 0 Å². The van der Waals surface area contributed by atoms with Gasteiger partial charge in [-0.15, -0.1) is 0 Å². The fraction of sp³-hybridized carbons (Fsp3) is 0.375. The third-order valence-corrected chi connectivity index (χ3v) is 6.85. The molecule has 0 aliphatic heterocycles. The highest BCUT2D eigenvalue weighted by Gasteiger charge is 2.28. The van der Waals surface area contributed by atoms with Gasteiger partial charge >= 0.3 is 0 Å². The van der Waals surface area contributed by atoms with Crippen LogP contribution in [-0.4, -0.2) is 17.4 Å². The standard InChI is InChI=1S/C24H28N4OS/c1-3-4-14-30-28(26)19-10-8-17(9-11-19)24-22(16-25)21-15-20(29-2)12-13-23(21)27(24)18-6-5-7-18/h8-13,15,18H,3-7,14,26H2,1-2H3. The Morgan fingerprint density at radius 3 is 2.60 bits per heavy atom. The quantitative estimate of drug-likeness (QED) is 0.208. The Morgan fingerprint density at radius 2 is 2.00 bits per heavy atom. The molecule has 1 aromatic heterocycles. The molecule has 6 heteroatoms. The summed E-state index contributed by atoms with van der Waals surface area (Å²) in [4.78, 5) is 0. The minimum Gasteiger partial charge on any atom is -0.497 e. The summed E-state index contributed by atoms with van der Waals surface area (Å²) in [6.45, 7) is 2.18. The summed E-state index contributed by atoms with van der Waals surface area (Å²) in [5.74, 6) is 7.99. The highest BCUT2D eigenvalue weighted by Crippen LogP contribution is 2.43. The number of ether oxygens (including phenoxy) is 1. The van der Waals surface area contributed by atoms with Gasteiger partial charge in [-0.1, -0.05) is 25.5 Å². The summed E-state index contributed by atoms with van der Waals surface area (Å²) in [6.07, 6.45) is 5.84. The van der Waals surface area contributed by atoms with Gasteiger partial charge in [0.05, 0.1) is 29.6 Å². The Hall–Kier alpha value is -2.62. The lowest BCUT2D eigenvalue weighted by Gasteiger charge is -2.30. The fourth-order valence-corrected chi connectivity index (χ4v) is 4.87. The van der Waals surface area contributed by atoms with E-state index in [0.717, 1.165) is 65.0 Å². The van der Waals surface area contributed by atoms with Gasteiger partial charge in [0.25, 0.3) is 0 Å². The van der Waals surface area contributed by atoms with E-state index in [0.29, 0.717) is 11.6 Å². The SMILES string of the molecule is CCCCSN(N)c1ccc(-c2c(C#N)c3cc(OC)ccc3n2C2CCC2)cc1. The molecule has 0 spiro atoms. The molecule has 30 heavy (non-hydrogen) atoms. The molecule has 1 aliphatic rings. The molecule has 1 fully saturated rings. The lowest BCUT2D eigenvalue weighted by atomic mass is 9.92. The average Bonchev–Trinajstić information content (AvgIpc) is 3.05. The normalized spacial score (nSPS) is 13.8. The zero-order valence-corrected chi connectivity index (χ0v) is 18.4. The summed E-state index contributed by atoms with van der Waals surface area (Å²) in [5, 5.41) is 11.0. The molecule has 4 rings (SSSR count). The first-order chi connectivity index (χ1) is 14.7. The van der Waals surface area contributed by atoms with Crippen molar-refractivity contribution in [3.05, 3.63) is 48.0 Å². The maximum absolute atomic E-state index is 10.1. The van der Waals surface area contributed by atoms with Crippen LogP contribution in [0.2, 0.25) is 0 Å². The van der Waals surface area contributed by atoms with Crippen LogP contribution in [0, 0.1) is 11.3 Å². The molecule has 0 radical (unpaired) electrons. The summed E-state index contributed by atoms with van der Waals surface area (Å²) in [7, 11) is 1.66. The smallest absolute Gasteiger partial charge is 0.119 e. The van der Waals surface area contributed by atoms with Gasteiger partial charge in [0.1, 0.15) is 11.8 Å². The van der Waals surface area contributed by atoms with Crippen molar-refractivity contribution in [1.29, 1.82) is 5.26 Å². The summed E-state index contributed by atoms with van der Waals surface area (Å²) in [6, 6.07) is 17.2. The molecule has 5 nitrogen and oxygen atoms in total. The van der Waals surface area contributed by atoms with Gasteiger partial charge in [0, 0.05) is 17.2 Å². The maximum Gasteiger partial charge on any atom is 0.119 e. The second kappa shape index (κ2) is 9.03. The summed E-state index contributed by atoms with van der Waals surface area (Å²) >= 11 is 1.63. The molecule has 0 atom stereocenters. The summed E-state index contributed by atoms with van der Waals surface area (Å²) in [5.41, 5.74) is 4.83. The van der Waals surface area contributed by atoms with Crippen LogP contribution in [0.25, 0.3) is 22.2 Å². The lowest BCUT2D eigenvalue weighted by molar-refractivity contribution is 0.324. The number of rotatable bonds is 8. The third-order valence-electron chi connectivity index (χ3n) is 5.89. The van der Waals surface area contributed by atoms with Crippen molar-refractivity contribution in [2.75, 3.05) is 17.3 Å². The Balaban J connectivity index is 1.77. The number of hydrogen-bond donors (Lipinski definition) is 1. The van der Waals surface area contributed by atoms with Crippen LogP contribution < -0.4 is 15.0 Å². The van der Waals surface area contributed by atoms with Crippen molar-refractivity contribution >= 4 is 28.5 Å². The molecule has 0 unspecified atom stereocenters. The van der Waals surface area contributed by atoms with Crippen LogP contribution in [0.5, 0.6) is 5.75 Å². The average molecular weight is 421 g/mol. The van der Waals surface area contributed by atoms with Crippen molar-refractivity contribution in [3.8, 4) is 23.1 Å². The number of nitrogens with zero attached hydrogens (tertiary/aromatic N) is 3. The number of hydrazine groups is 1. The number of nitriles is 1. The van der Waals surface area contributed by atoms with Gasteiger partial charge in [0.15, 0.2) is 0 Å².